The van der Waals surface area contributed by atoms with Crippen LogP contribution in [0.3, 0.4) is 0 Å². The van der Waals surface area contributed by atoms with E-state index < -0.39 is 21.8 Å². The highest BCUT2D eigenvalue weighted by atomic mass is 35.5. The minimum Gasteiger partial charge on any atom is -0.479 e. The first-order valence-corrected chi connectivity index (χ1v) is 12.9. The van der Waals surface area contributed by atoms with E-state index in [-0.39, 0.29) is 44.6 Å². The van der Waals surface area contributed by atoms with Crippen molar-refractivity contribution in [2.24, 2.45) is 0 Å². The van der Waals surface area contributed by atoms with Crippen LogP contribution in [0, 0.1) is 6.92 Å². The fourth-order valence-corrected chi connectivity index (χ4v) is 4.80. The monoisotopic (exact) mass is 529 g/mol. The van der Waals surface area contributed by atoms with Crippen LogP contribution in [-0.2, 0) is 25.0 Å². The van der Waals surface area contributed by atoms with Crippen LogP contribution < -0.4 is 14.4 Å². The highest BCUT2D eigenvalue weighted by Gasteiger charge is 2.40. The molecule has 1 fully saturated rings. The summed E-state index contributed by atoms with van der Waals surface area (Å²) in [7, 11) is -2.72. The minimum atomic E-state index is -4.10. The summed E-state index contributed by atoms with van der Waals surface area (Å²) in [5.74, 6) is -1.14. The Morgan fingerprint density at radius 2 is 1.81 bits per heavy atom. The van der Waals surface area contributed by atoms with E-state index in [0.717, 1.165) is 10.5 Å². The molecule has 1 aliphatic heterocycles. The van der Waals surface area contributed by atoms with E-state index in [2.05, 4.69) is 16.3 Å². The van der Waals surface area contributed by atoms with Crippen molar-refractivity contribution in [1.82, 2.24) is 9.71 Å². The van der Waals surface area contributed by atoms with Crippen LogP contribution in [0.1, 0.15) is 38.3 Å². The van der Waals surface area contributed by atoms with E-state index in [1.165, 1.54) is 37.6 Å². The summed E-state index contributed by atoms with van der Waals surface area (Å²) >= 11 is 5.86. The summed E-state index contributed by atoms with van der Waals surface area (Å²) in [6.45, 7) is 11.3. The lowest BCUT2D eigenvalue weighted by atomic mass is 9.87. The summed E-state index contributed by atoms with van der Waals surface area (Å²) in [6.07, 6.45) is 3.81. The number of allylic oxidation sites excluding steroid dienone is 3. The maximum Gasteiger partial charge on any atom is 0.263 e. The lowest BCUT2D eigenvalue weighted by Gasteiger charge is -2.19. The fraction of sp³-hybridized carbons (Fsp3) is 0.269. The van der Waals surface area contributed by atoms with Gasteiger partial charge in [0, 0.05) is 11.2 Å². The largest absolute Gasteiger partial charge is 0.479 e. The number of benzene rings is 1. The van der Waals surface area contributed by atoms with Gasteiger partial charge in [0.2, 0.25) is 11.8 Å². The quantitative estimate of drug-likeness (QED) is 0.321. The number of nitrogens with zero attached hydrogens (tertiary/aromatic N) is 2. The number of ether oxygens (including phenoxy) is 1. The maximum atomic E-state index is 13.4. The SMILES string of the molecule is C=C(Cl)/C=C\C(NS(=O)(=O)c1ccc(C(C)(C)C)cc1)=C1/CC(=O)N(c2c(C)ccnc2OC)C1=O. The van der Waals surface area contributed by atoms with Crippen molar-refractivity contribution < 1.29 is 22.7 Å². The molecule has 36 heavy (non-hydrogen) atoms. The van der Waals surface area contributed by atoms with Gasteiger partial charge in [0.1, 0.15) is 5.69 Å². The Morgan fingerprint density at radius 1 is 1.17 bits per heavy atom. The van der Waals surface area contributed by atoms with Crippen molar-refractivity contribution in [3.63, 3.8) is 0 Å². The number of pyridine rings is 1. The zero-order valence-electron chi connectivity index (χ0n) is 20.8. The second-order valence-corrected chi connectivity index (χ2v) is 11.4. The minimum absolute atomic E-state index is 0.00472. The number of rotatable bonds is 7. The Labute approximate surface area is 216 Å². The molecule has 2 amide bonds. The highest BCUT2D eigenvalue weighted by Crippen LogP contribution is 2.36. The molecule has 1 saturated heterocycles. The second kappa shape index (κ2) is 10.3. The molecule has 0 unspecified atom stereocenters. The van der Waals surface area contributed by atoms with E-state index in [1.807, 2.05) is 20.8 Å². The fourth-order valence-electron chi connectivity index (χ4n) is 3.65. The number of hydrogen-bond acceptors (Lipinski definition) is 6. The van der Waals surface area contributed by atoms with Crippen LogP contribution >= 0.6 is 11.6 Å². The van der Waals surface area contributed by atoms with Crippen molar-refractivity contribution >= 4 is 39.1 Å². The lowest BCUT2D eigenvalue weighted by Crippen LogP contribution is -2.31. The molecule has 2 aromatic rings. The topological polar surface area (TPSA) is 106 Å². The maximum absolute atomic E-state index is 13.4. The normalized spacial score (nSPS) is 16.0. The summed E-state index contributed by atoms with van der Waals surface area (Å²) in [5, 5.41) is 0.111. The average Bonchev–Trinajstić information content (AvgIpc) is 3.09. The standard InChI is InChI=1S/C26H28ClN3O5S/c1-16-13-14-28-24(35-6)23(16)30-22(31)15-20(25(30)32)21(12-7-17(2)27)29-36(33,34)19-10-8-18(9-11-19)26(3,4)5/h7-14,29H,2,15H2,1,3-6H3/b12-7-,21-20-. The van der Waals surface area contributed by atoms with Crippen LogP contribution in [0.15, 0.2) is 76.5 Å². The van der Waals surface area contributed by atoms with Gasteiger partial charge in [-0.05, 0) is 53.8 Å². The number of hydrogen-bond donors (Lipinski definition) is 1. The van der Waals surface area contributed by atoms with Crippen LogP contribution in [-0.4, -0.2) is 32.3 Å². The van der Waals surface area contributed by atoms with Crippen LogP contribution in [0.4, 0.5) is 5.69 Å². The van der Waals surface area contributed by atoms with Crippen molar-refractivity contribution in [2.75, 3.05) is 12.0 Å². The Bertz CT molecular complexity index is 1390. The van der Waals surface area contributed by atoms with Crippen molar-refractivity contribution in [3.8, 4) is 5.88 Å². The molecule has 1 aliphatic rings. The number of aryl methyl sites for hydroxylation is 1. The van der Waals surface area contributed by atoms with Gasteiger partial charge in [0.25, 0.3) is 15.9 Å². The van der Waals surface area contributed by atoms with E-state index in [0.29, 0.717) is 5.56 Å². The lowest BCUT2D eigenvalue weighted by molar-refractivity contribution is -0.120. The van der Waals surface area contributed by atoms with E-state index >= 15 is 0 Å². The number of aromatic nitrogens is 1. The van der Waals surface area contributed by atoms with Crippen molar-refractivity contribution in [1.29, 1.82) is 0 Å². The van der Waals surface area contributed by atoms with E-state index in [1.54, 1.807) is 25.1 Å². The van der Waals surface area contributed by atoms with Gasteiger partial charge in [-0.15, -0.1) is 0 Å². The number of halogens is 1. The number of sulfonamides is 1. The molecule has 190 valence electrons. The van der Waals surface area contributed by atoms with Gasteiger partial charge in [0.05, 0.1) is 29.7 Å². The molecule has 0 bridgehead atoms. The Hall–Kier alpha value is -3.43. The van der Waals surface area contributed by atoms with Gasteiger partial charge in [-0.2, -0.15) is 0 Å². The highest BCUT2D eigenvalue weighted by molar-refractivity contribution is 7.89. The third-order valence-electron chi connectivity index (χ3n) is 5.58. The van der Waals surface area contributed by atoms with Crippen molar-refractivity contribution in [2.45, 2.75) is 44.4 Å². The number of anilines is 1. The first-order valence-electron chi connectivity index (χ1n) is 11.0. The number of carbonyl (C=O) groups excluding carboxylic acids is 2. The summed E-state index contributed by atoms with van der Waals surface area (Å²) in [5.41, 5.74) is 1.47. The number of methoxy groups -OCH3 is 1. The zero-order chi connectivity index (χ0) is 26.8. The van der Waals surface area contributed by atoms with Crippen LogP contribution in [0.2, 0.25) is 0 Å². The van der Waals surface area contributed by atoms with Gasteiger partial charge in [-0.25, -0.2) is 18.3 Å². The molecule has 0 saturated carbocycles. The van der Waals surface area contributed by atoms with Gasteiger partial charge < -0.3 is 4.74 Å². The molecule has 2 heterocycles. The molecule has 0 radical (unpaired) electrons. The van der Waals surface area contributed by atoms with E-state index in [9.17, 15) is 18.0 Å². The summed E-state index contributed by atoms with van der Waals surface area (Å²) in [6, 6.07) is 8.10. The predicted octanol–water partition coefficient (Wildman–Crippen LogP) is 4.50. The molecule has 10 heteroatoms. The molecule has 1 aromatic heterocycles. The zero-order valence-corrected chi connectivity index (χ0v) is 22.3. The smallest absolute Gasteiger partial charge is 0.263 e. The molecule has 8 nitrogen and oxygen atoms in total. The van der Waals surface area contributed by atoms with E-state index in [4.69, 9.17) is 16.3 Å². The average molecular weight is 530 g/mol. The Morgan fingerprint density at radius 3 is 2.36 bits per heavy atom. The van der Waals surface area contributed by atoms with Gasteiger partial charge in [-0.3, -0.25) is 14.3 Å². The molecule has 1 N–H and O–H groups in total. The Balaban J connectivity index is 2.07. The molecule has 0 aliphatic carbocycles. The molecular weight excluding hydrogens is 502 g/mol. The van der Waals surface area contributed by atoms with Gasteiger partial charge in [-0.1, -0.05) is 51.1 Å². The second-order valence-electron chi connectivity index (χ2n) is 9.25. The molecule has 1 aromatic carbocycles. The number of amides is 2. The molecular formula is C26H28ClN3O5S. The molecule has 0 atom stereocenters. The third kappa shape index (κ3) is 5.68. The first-order chi connectivity index (χ1) is 16.8. The van der Waals surface area contributed by atoms with Gasteiger partial charge in [0.15, 0.2) is 0 Å². The van der Waals surface area contributed by atoms with Crippen LogP contribution in [0.5, 0.6) is 5.88 Å². The molecule has 3 rings (SSSR count). The molecule has 0 spiro atoms. The summed E-state index contributed by atoms with van der Waals surface area (Å²) in [4.78, 5) is 31.4. The number of nitrogens with one attached hydrogen (secondary N) is 1. The Kier molecular flexibility index (Phi) is 7.76. The van der Waals surface area contributed by atoms with Crippen molar-refractivity contribution in [3.05, 3.63) is 82.7 Å². The number of carbonyl (C=O) groups is 2. The van der Waals surface area contributed by atoms with Crippen LogP contribution in [0.25, 0.3) is 0 Å². The summed E-state index contributed by atoms with van der Waals surface area (Å²) < 4.78 is 34.2. The predicted molar refractivity (Wildman–Crippen MR) is 139 cm³/mol. The number of imide groups is 1. The first kappa shape index (κ1) is 27.2. The van der Waals surface area contributed by atoms with Gasteiger partial charge >= 0.3 is 0 Å². The third-order valence-corrected chi connectivity index (χ3v) is 7.09.